The molecule has 0 aliphatic rings. The molecule has 1 atom stereocenters. The third-order valence-corrected chi connectivity index (χ3v) is 1.83. The van der Waals surface area contributed by atoms with Crippen molar-refractivity contribution in [1.82, 2.24) is 0 Å². The van der Waals surface area contributed by atoms with Crippen LogP contribution >= 0.6 is 34.8 Å². The Bertz CT molecular complexity index is 109. The largest absolute Gasteiger partial charge is 0.369 e. The van der Waals surface area contributed by atoms with Crippen molar-refractivity contribution < 1.29 is 13.2 Å². The van der Waals surface area contributed by atoms with Crippen LogP contribution in [-0.2, 0) is 0 Å². The molecule has 0 unspecified atom stereocenters. The monoisotopic (exact) mass is 214 g/mol. The van der Waals surface area contributed by atoms with E-state index in [1.807, 2.05) is 0 Å². The average Bonchev–Trinajstić information content (AvgIpc) is 1.61. The minimum absolute atomic E-state index is 0.303. The van der Waals surface area contributed by atoms with Crippen LogP contribution < -0.4 is 0 Å². The Hall–Kier alpha value is 0.660. The molecular weight excluding hydrogens is 211 g/mol. The zero-order valence-electron chi connectivity index (χ0n) is 4.68. The Morgan fingerprint density at radius 3 is 1.60 bits per heavy atom. The van der Waals surface area contributed by atoms with E-state index in [-0.39, 0.29) is 5.88 Å². The molecule has 62 valence electrons. The first-order valence-corrected chi connectivity index (χ1v) is 3.61. The molecule has 0 heterocycles. The SMILES string of the molecule is FC(F)(Cl)[C@](F)(Cl)CCCl. The van der Waals surface area contributed by atoms with Gasteiger partial charge in [-0.25, -0.2) is 4.39 Å². The van der Waals surface area contributed by atoms with Crippen LogP contribution in [0, 0.1) is 0 Å². The van der Waals surface area contributed by atoms with E-state index in [4.69, 9.17) is 11.6 Å². The lowest BCUT2D eigenvalue weighted by molar-refractivity contribution is -0.0209. The first-order valence-electron chi connectivity index (χ1n) is 2.32. The Kier molecular flexibility index (Phi) is 3.59. The molecule has 0 rings (SSSR count). The smallest absolute Gasteiger partial charge is 0.218 e. The lowest BCUT2D eigenvalue weighted by Gasteiger charge is -2.20. The first-order chi connectivity index (χ1) is 4.31. The standard InChI is InChI=1S/C4H4Cl3F3/c5-2-1-3(6,8)4(7,9)10/h1-2H2/t3-/m0/s1. The van der Waals surface area contributed by atoms with Crippen molar-refractivity contribution in [2.45, 2.75) is 16.9 Å². The summed E-state index contributed by atoms with van der Waals surface area (Å²) >= 11 is 14.0. The zero-order chi connectivity index (χ0) is 8.41. The van der Waals surface area contributed by atoms with Gasteiger partial charge in [0, 0.05) is 12.3 Å². The molecule has 0 aromatic rings. The van der Waals surface area contributed by atoms with Crippen LogP contribution in [0.1, 0.15) is 6.42 Å². The third-order valence-electron chi connectivity index (χ3n) is 0.823. The molecule has 0 amide bonds. The maximum absolute atomic E-state index is 12.4. The molecule has 0 saturated carbocycles. The lowest BCUT2D eigenvalue weighted by atomic mass is 10.3. The van der Waals surface area contributed by atoms with Crippen LogP contribution in [0.2, 0.25) is 0 Å². The third kappa shape index (κ3) is 2.72. The van der Waals surface area contributed by atoms with Crippen molar-refractivity contribution in [3.63, 3.8) is 0 Å². The molecule has 0 nitrogen and oxygen atoms in total. The molecule has 0 aromatic heterocycles. The summed E-state index contributed by atoms with van der Waals surface area (Å²) in [7, 11) is 0. The van der Waals surface area contributed by atoms with Crippen LogP contribution in [0.4, 0.5) is 13.2 Å². The van der Waals surface area contributed by atoms with E-state index in [0.29, 0.717) is 0 Å². The molecule has 0 aliphatic heterocycles. The average molecular weight is 215 g/mol. The summed E-state index contributed by atoms with van der Waals surface area (Å²) < 4.78 is 36.2. The van der Waals surface area contributed by atoms with Gasteiger partial charge in [-0.15, -0.1) is 11.6 Å². The van der Waals surface area contributed by atoms with Gasteiger partial charge in [0.15, 0.2) is 0 Å². The summed E-state index contributed by atoms with van der Waals surface area (Å²) in [5.41, 5.74) is 0. The Morgan fingerprint density at radius 2 is 1.50 bits per heavy atom. The molecule has 0 aliphatic carbocycles. The molecule has 6 heteroatoms. The number of rotatable bonds is 3. The van der Waals surface area contributed by atoms with Crippen molar-refractivity contribution in [2.24, 2.45) is 0 Å². The van der Waals surface area contributed by atoms with E-state index in [2.05, 4.69) is 23.2 Å². The Balaban J connectivity index is 4.10. The second kappa shape index (κ2) is 3.37. The van der Waals surface area contributed by atoms with Crippen LogP contribution in [0.3, 0.4) is 0 Å². The molecular formula is C4H4Cl3F3. The molecule has 0 spiro atoms. The van der Waals surface area contributed by atoms with Gasteiger partial charge in [-0.3, -0.25) is 0 Å². The number of halogens is 6. The molecule has 0 bridgehead atoms. The molecule has 0 radical (unpaired) electrons. The first kappa shape index (κ1) is 10.7. The number of hydrogen-bond acceptors (Lipinski definition) is 0. The van der Waals surface area contributed by atoms with E-state index in [9.17, 15) is 13.2 Å². The highest BCUT2D eigenvalue weighted by atomic mass is 35.5. The highest BCUT2D eigenvalue weighted by Gasteiger charge is 2.51. The summed E-state index contributed by atoms with van der Waals surface area (Å²) in [4.78, 5) is 0. The van der Waals surface area contributed by atoms with Gasteiger partial charge in [-0.2, -0.15) is 8.78 Å². The van der Waals surface area contributed by atoms with Gasteiger partial charge in [-0.05, 0) is 11.6 Å². The fourth-order valence-electron chi connectivity index (χ4n) is 0.260. The van der Waals surface area contributed by atoms with Gasteiger partial charge in [0.2, 0.25) is 0 Å². The highest BCUT2D eigenvalue weighted by Crippen LogP contribution is 2.42. The Morgan fingerprint density at radius 1 is 1.10 bits per heavy atom. The lowest BCUT2D eigenvalue weighted by Crippen LogP contribution is -2.34. The zero-order valence-corrected chi connectivity index (χ0v) is 6.95. The fourth-order valence-corrected chi connectivity index (χ4v) is 0.807. The summed E-state index contributed by atoms with van der Waals surface area (Å²) in [5.74, 6) is -0.303. The minimum atomic E-state index is -4.07. The normalized spacial score (nSPS) is 18.6. The van der Waals surface area contributed by atoms with Crippen molar-refractivity contribution in [1.29, 1.82) is 0 Å². The van der Waals surface area contributed by atoms with Crippen LogP contribution in [0.5, 0.6) is 0 Å². The topological polar surface area (TPSA) is 0 Å². The number of alkyl halides is 6. The highest BCUT2D eigenvalue weighted by molar-refractivity contribution is 6.32. The number of hydrogen-bond donors (Lipinski definition) is 0. The molecule has 0 fully saturated rings. The molecule has 0 N–H and O–H groups in total. The van der Waals surface area contributed by atoms with Crippen LogP contribution in [0.25, 0.3) is 0 Å². The van der Waals surface area contributed by atoms with Crippen molar-refractivity contribution in [3.05, 3.63) is 0 Å². The maximum Gasteiger partial charge on any atom is 0.369 e. The van der Waals surface area contributed by atoms with Crippen molar-refractivity contribution in [3.8, 4) is 0 Å². The predicted molar refractivity (Wildman–Crippen MR) is 35.8 cm³/mol. The molecule has 0 aromatic carbocycles. The quantitative estimate of drug-likeness (QED) is 0.633. The summed E-state index contributed by atoms with van der Waals surface area (Å²) in [5, 5.41) is -7.31. The van der Waals surface area contributed by atoms with Crippen molar-refractivity contribution >= 4 is 34.8 Å². The molecule has 10 heavy (non-hydrogen) atoms. The van der Waals surface area contributed by atoms with Gasteiger partial charge in [0.25, 0.3) is 5.13 Å². The van der Waals surface area contributed by atoms with E-state index < -0.39 is 16.9 Å². The van der Waals surface area contributed by atoms with Crippen LogP contribution in [-0.4, -0.2) is 16.4 Å². The van der Waals surface area contributed by atoms with E-state index in [0.717, 1.165) is 0 Å². The van der Waals surface area contributed by atoms with E-state index in [1.54, 1.807) is 0 Å². The second-order valence-electron chi connectivity index (χ2n) is 1.64. The molecule has 0 saturated heterocycles. The maximum atomic E-state index is 12.4. The van der Waals surface area contributed by atoms with E-state index >= 15 is 0 Å². The summed E-state index contributed by atoms with van der Waals surface area (Å²) in [6.45, 7) is 0. The van der Waals surface area contributed by atoms with Crippen LogP contribution in [0.15, 0.2) is 0 Å². The van der Waals surface area contributed by atoms with Gasteiger partial charge in [0.05, 0.1) is 0 Å². The van der Waals surface area contributed by atoms with Gasteiger partial charge >= 0.3 is 5.38 Å². The summed E-state index contributed by atoms with van der Waals surface area (Å²) in [6, 6.07) is 0. The van der Waals surface area contributed by atoms with Gasteiger partial charge in [-0.1, -0.05) is 11.6 Å². The van der Waals surface area contributed by atoms with E-state index in [1.165, 1.54) is 0 Å². The fraction of sp³-hybridized carbons (Fsp3) is 1.00. The van der Waals surface area contributed by atoms with Crippen molar-refractivity contribution in [2.75, 3.05) is 5.88 Å². The summed E-state index contributed by atoms with van der Waals surface area (Å²) in [6.07, 6.45) is -0.688. The Labute approximate surface area is 71.2 Å². The minimum Gasteiger partial charge on any atom is -0.218 e. The predicted octanol–water partition coefficient (Wildman–Crippen LogP) is 3.35. The van der Waals surface area contributed by atoms with Gasteiger partial charge in [0.1, 0.15) is 0 Å². The van der Waals surface area contributed by atoms with Gasteiger partial charge < -0.3 is 0 Å². The second-order valence-corrected chi connectivity index (χ2v) is 3.09.